The second kappa shape index (κ2) is 7.47. The number of aromatic nitrogens is 2. The Bertz CT molecular complexity index is 899. The predicted octanol–water partition coefficient (Wildman–Crippen LogP) is 6.44. The van der Waals surface area contributed by atoms with Crippen LogP contribution < -0.4 is 5.32 Å². The summed E-state index contributed by atoms with van der Waals surface area (Å²) in [4.78, 5) is 12.9. The third kappa shape index (κ3) is 3.92. The highest BCUT2D eigenvalue weighted by Crippen LogP contribution is 2.61. The van der Waals surface area contributed by atoms with Crippen molar-refractivity contribution in [2.75, 3.05) is 5.32 Å². The van der Waals surface area contributed by atoms with Gasteiger partial charge in [0, 0.05) is 28.2 Å². The fourth-order valence-electron chi connectivity index (χ4n) is 6.43. The van der Waals surface area contributed by atoms with Gasteiger partial charge in [0.25, 0.3) is 0 Å². The highest BCUT2D eigenvalue weighted by Gasteiger charge is 2.51. The first-order valence-corrected chi connectivity index (χ1v) is 11.5. The number of rotatable bonds is 5. The lowest BCUT2D eigenvalue weighted by atomic mass is 9.49. The molecule has 4 aliphatic carbocycles. The van der Waals surface area contributed by atoms with Gasteiger partial charge >= 0.3 is 0 Å². The lowest BCUT2D eigenvalue weighted by molar-refractivity contribution is -0.124. The van der Waals surface area contributed by atoms with Gasteiger partial charge in [-0.1, -0.05) is 40.9 Å². The van der Waals surface area contributed by atoms with E-state index in [1.54, 1.807) is 29.1 Å². The van der Waals surface area contributed by atoms with Crippen LogP contribution in [0, 0.1) is 23.2 Å². The number of nitrogens with zero attached hydrogens (tertiary/aromatic N) is 2. The van der Waals surface area contributed by atoms with E-state index >= 15 is 0 Å². The zero-order valence-corrected chi connectivity index (χ0v) is 18.4. The molecule has 4 bridgehead atoms. The summed E-state index contributed by atoms with van der Waals surface area (Å²) < 4.78 is 1.66. The third-order valence-electron chi connectivity index (χ3n) is 7.06. The van der Waals surface area contributed by atoms with E-state index in [-0.39, 0.29) is 11.3 Å². The lowest BCUT2D eigenvalue weighted by Gasteiger charge is -2.56. The minimum absolute atomic E-state index is 0.0230. The van der Waals surface area contributed by atoms with E-state index in [0.717, 1.165) is 23.3 Å². The fraction of sp³-hybridized carbons (Fsp3) is 0.545. The number of halogens is 3. The molecule has 1 amide bonds. The molecule has 0 unspecified atom stereocenters. The highest BCUT2D eigenvalue weighted by atomic mass is 35.5. The molecule has 1 N–H and O–H groups in total. The van der Waals surface area contributed by atoms with Crippen molar-refractivity contribution >= 4 is 46.5 Å². The molecule has 1 aromatic heterocycles. The van der Waals surface area contributed by atoms with Crippen molar-refractivity contribution in [1.29, 1.82) is 0 Å². The molecule has 4 fully saturated rings. The molecule has 0 spiro atoms. The van der Waals surface area contributed by atoms with E-state index in [0.29, 0.717) is 33.9 Å². The summed E-state index contributed by atoms with van der Waals surface area (Å²) in [7, 11) is 0. The van der Waals surface area contributed by atoms with Crippen LogP contribution >= 0.6 is 34.8 Å². The molecule has 29 heavy (non-hydrogen) atoms. The molecule has 1 aromatic carbocycles. The van der Waals surface area contributed by atoms with Gasteiger partial charge in [0.2, 0.25) is 5.91 Å². The Balaban J connectivity index is 1.27. The number of carbonyl (C=O) groups excluding carboxylic acids is 1. The Morgan fingerprint density at radius 1 is 1.03 bits per heavy atom. The van der Waals surface area contributed by atoms with Crippen molar-refractivity contribution in [3.8, 4) is 0 Å². The topological polar surface area (TPSA) is 46.9 Å². The molecular weight excluding hydrogens is 429 g/mol. The van der Waals surface area contributed by atoms with Crippen molar-refractivity contribution in [3.63, 3.8) is 0 Å². The number of carbonyl (C=O) groups is 1. The van der Waals surface area contributed by atoms with Gasteiger partial charge in [0.05, 0.1) is 6.54 Å². The lowest BCUT2D eigenvalue weighted by Crippen LogP contribution is -2.47. The Hall–Kier alpha value is -1.23. The van der Waals surface area contributed by atoms with Gasteiger partial charge < -0.3 is 5.32 Å². The Labute approximate surface area is 185 Å². The van der Waals surface area contributed by atoms with Gasteiger partial charge in [-0.3, -0.25) is 9.48 Å². The Morgan fingerprint density at radius 3 is 2.21 bits per heavy atom. The molecule has 0 saturated heterocycles. The smallest absolute Gasteiger partial charge is 0.226 e. The van der Waals surface area contributed by atoms with Gasteiger partial charge in [-0.05, 0) is 73.8 Å². The monoisotopic (exact) mass is 451 g/mol. The molecule has 2 aromatic rings. The number of hydrogen-bond acceptors (Lipinski definition) is 2. The van der Waals surface area contributed by atoms with Crippen molar-refractivity contribution in [3.05, 3.63) is 45.0 Å². The molecule has 0 atom stereocenters. The average molecular weight is 453 g/mol. The molecule has 0 aliphatic heterocycles. The zero-order chi connectivity index (χ0) is 20.2. The first-order chi connectivity index (χ1) is 13.9. The molecule has 154 valence electrons. The van der Waals surface area contributed by atoms with E-state index in [1.807, 2.05) is 0 Å². The summed E-state index contributed by atoms with van der Waals surface area (Å²) in [5, 5.41) is 8.99. The second-order valence-electron chi connectivity index (χ2n) is 9.37. The normalized spacial score (nSPS) is 30.0. The largest absolute Gasteiger partial charge is 0.308 e. The minimum Gasteiger partial charge on any atom is -0.308 e. The summed E-state index contributed by atoms with van der Waals surface area (Å²) in [6.45, 7) is 0.392. The second-order valence-corrected chi connectivity index (χ2v) is 10.6. The van der Waals surface area contributed by atoms with Gasteiger partial charge in [-0.2, -0.15) is 5.10 Å². The van der Waals surface area contributed by atoms with Crippen LogP contribution in [0.25, 0.3) is 0 Å². The number of amides is 1. The molecule has 7 heteroatoms. The summed E-state index contributed by atoms with van der Waals surface area (Å²) in [5.41, 5.74) is 0.973. The molecule has 4 nitrogen and oxygen atoms in total. The van der Waals surface area contributed by atoms with Crippen LogP contribution in [-0.4, -0.2) is 15.7 Å². The van der Waals surface area contributed by atoms with Crippen LogP contribution in [0.5, 0.6) is 0 Å². The number of hydrogen-bond donors (Lipinski definition) is 1. The Morgan fingerprint density at radius 2 is 1.62 bits per heavy atom. The standard InChI is InChI=1S/C22H24Cl3N3O/c23-17-2-1-3-18(24)16(17)11-28-12-19(25)21(27-28)26-20(29)10-22-7-13-4-14(8-22)6-15(5-13)9-22/h1-3,12-15H,4-11H2,(H,26,27,29). The van der Waals surface area contributed by atoms with Crippen molar-refractivity contribution in [2.45, 2.75) is 51.5 Å². The van der Waals surface area contributed by atoms with Crippen LogP contribution in [0.2, 0.25) is 15.1 Å². The van der Waals surface area contributed by atoms with Crippen LogP contribution in [0.1, 0.15) is 50.5 Å². The first kappa shape index (κ1) is 19.7. The molecule has 6 rings (SSSR count). The van der Waals surface area contributed by atoms with Crippen molar-refractivity contribution < 1.29 is 4.79 Å². The van der Waals surface area contributed by atoms with Crippen molar-refractivity contribution in [2.24, 2.45) is 23.2 Å². The third-order valence-corrected chi connectivity index (χ3v) is 8.04. The quantitative estimate of drug-likeness (QED) is 0.567. The van der Waals surface area contributed by atoms with Crippen LogP contribution in [0.15, 0.2) is 24.4 Å². The van der Waals surface area contributed by atoms with Gasteiger partial charge in [0.1, 0.15) is 5.02 Å². The first-order valence-electron chi connectivity index (χ1n) is 10.3. The average Bonchev–Trinajstić information content (AvgIpc) is 2.95. The Kier molecular flexibility index (Phi) is 5.08. The zero-order valence-electron chi connectivity index (χ0n) is 16.1. The van der Waals surface area contributed by atoms with Gasteiger partial charge in [-0.25, -0.2) is 0 Å². The summed E-state index contributed by atoms with van der Waals surface area (Å²) in [6.07, 6.45) is 10.0. The molecular formula is C22H24Cl3N3O. The molecule has 4 aliphatic rings. The molecule has 0 radical (unpaired) electrons. The minimum atomic E-state index is 0.0230. The van der Waals surface area contributed by atoms with E-state index in [4.69, 9.17) is 34.8 Å². The predicted molar refractivity (Wildman–Crippen MR) is 117 cm³/mol. The van der Waals surface area contributed by atoms with E-state index in [1.165, 1.54) is 38.5 Å². The molecule has 4 saturated carbocycles. The highest BCUT2D eigenvalue weighted by molar-refractivity contribution is 6.36. The van der Waals surface area contributed by atoms with Crippen LogP contribution in [0.4, 0.5) is 5.82 Å². The van der Waals surface area contributed by atoms with Crippen LogP contribution in [-0.2, 0) is 11.3 Å². The maximum Gasteiger partial charge on any atom is 0.226 e. The summed E-state index contributed by atoms with van der Waals surface area (Å²) in [5.74, 6) is 2.92. The van der Waals surface area contributed by atoms with E-state index < -0.39 is 0 Å². The maximum atomic E-state index is 12.9. The fourth-order valence-corrected chi connectivity index (χ4v) is 7.15. The summed E-state index contributed by atoms with van der Waals surface area (Å²) in [6, 6.07) is 5.39. The molecule has 1 heterocycles. The SMILES string of the molecule is O=C(CC12CC3CC(CC(C3)C1)C2)Nc1nn(Cc2c(Cl)cccc2Cl)cc1Cl. The summed E-state index contributed by atoms with van der Waals surface area (Å²) >= 11 is 18.9. The van der Waals surface area contributed by atoms with E-state index in [9.17, 15) is 4.79 Å². The maximum absolute atomic E-state index is 12.9. The van der Waals surface area contributed by atoms with Gasteiger partial charge in [-0.15, -0.1) is 0 Å². The number of benzene rings is 1. The van der Waals surface area contributed by atoms with Crippen molar-refractivity contribution in [1.82, 2.24) is 9.78 Å². The van der Waals surface area contributed by atoms with Crippen LogP contribution in [0.3, 0.4) is 0 Å². The number of nitrogens with one attached hydrogen (secondary N) is 1. The number of anilines is 1. The van der Waals surface area contributed by atoms with Gasteiger partial charge in [0.15, 0.2) is 5.82 Å². The van der Waals surface area contributed by atoms with E-state index in [2.05, 4.69) is 10.4 Å².